The zero-order valence-corrected chi connectivity index (χ0v) is 14.7. The summed E-state index contributed by atoms with van der Waals surface area (Å²) in [5.74, 6) is -0.691. The molecular formula is C18H22N4O4. The van der Waals surface area contributed by atoms with Crippen molar-refractivity contribution in [2.24, 2.45) is 0 Å². The van der Waals surface area contributed by atoms with Gasteiger partial charge in [-0.1, -0.05) is 30.3 Å². The van der Waals surface area contributed by atoms with Crippen LogP contribution in [0.2, 0.25) is 0 Å². The Bertz CT molecular complexity index is 735. The summed E-state index contributed by atoms with van der Waals surface area (Å²) in [6.45, 7) is 1.39. The number of hydrogen-bond acceptors (Lipinski definition) is 7. The molecule has 1 aromatic carbocycles. The van der Waals surface area contributed by atoms with Crippen molar-refractivity contribution in [1.29, 1.82) is 0 Å². The predicted molar refractivity (Wildman–Crippen MR) is 92.0 cm³/mol. The molecule has 2 aromatic rings. The number of nitrogens with zero attached hydrogens (tertiary/aromatic N) is 3. The third-order valence-corrected chi connectivity index (χ3v) is 4.65. The van der Waals surface area contributed by atoms with Crippen LogP contribution in [0.3, 0.4) is 0 Å². The number of piperidine rings is 1. The zero-order valence-electron chi connectivity index (χ0n) is 14.7. The smallest absolute Gasteiger partial charge is 0.320 e. The van der Waals surface area contributed by atoms with E-state index in [-0.39, 0.29) is 25.1 Å². The molecule has 1 atom stereocenters. The molecule has 1 aliphatic rings. The molecule has 0 aliphatic carbocycles. The number of H-pyrrole nitrogens is 1. The van der Waals surface area contributed by atoms with Crippen molar-refractivity contribution in [3.05, 3.63) is 47.8 Å². The Labute approximate surface area is 151 Å². The van der Waals surface area contributed by atoms with Gasteiger partial charge < -0.3 is 9.47 Å². The quantitative estimate of drug-likeness (QED) is 0.771. The molecule has 1 fully saturated rings. The number of ether oxygens (including phenoxy) is 2. The maximum absolute atomic E-state index is 12.5. The van der Waals surface area contributed by atoms with E-state index < -0.39 is 5.41 Å². The fourth-order valence-electron chi connectivity index (χ4n) is 3.35. The number of hydrogen-bond donors (Lipinski definition) is 1. The topological polar surface area (TPSA) is 97.4 Å². The van der Waals surface area contributed by atoms with E-state index in [4.69, 9.17) is 9.47 Å². The van der Waals surface area contributed by atoms with Gasteiger partial charge in [-0.15, -0.1) is 0 Å². The molecule has 1 N–H and O–H groups in total. The molecule has 26 heavy (non-hydrogen) atoms. The van der Waals surface area contributed by atoms with Gasteiger partial charge in [0.2, 0.25) is 0 Å². The molecule has 138 valence electrons. The molecule has 8 heteroatoms. The van der Waals surface area contributed by atoms with Crippen LogP contribution in [0.4, 0.5) is 0 Å². The van der Waals surface area contributed by atoms with Crippen molar-refractivity contribution in [2.75, 3.05) is 26.7 Å². The van der Waals surface area contributed by atoms with Crippen LogP contribution in [0, 0.1) is 0 Å². The first-order chi connectivity index (χ1) is 12.6. The molecule has 2 heterocycles. The molecule has 0 bridgehead atoms. The van der Waals surface area contributed by atoms with Gasteiger partial charge in [-0.2, -0.15) is 15.4 Å². The number of aromatic amines is 1. The Hall–Kier alpha value is -2.74. The van der Waals surface area contributed by atoms with Crippen LogP contribution in [-0.4, -0.2) is 59.0 Å². The van der Waals surface area contributed by atoms with E-state index in [0.29, 0.717) is 25.2 Å². The fourth-order valence-corrected chi connectivity index (χ4v) is 3.35. The molecule has 0 spiro atoms. The standard InChI is InChI=1S/C18H22N4O4/c1-25-17(24)18(15-10-19-21-20-15)8-5-9-22(13-18)11-16(23)26-12-14-6-3-2-4-7-14/h2-4,6-7,10H,5,8-9,11-13H2,1H3,(H,19,20,21). The van der Waals surface area contributed by atoms with Crippen molar-refractivity contribution >= 4 is 11.9 Å². The highest BCUT2D eigenvalue weighted by Crippen LogP contribution is 2.33. The van der Waals surface area contributed by atoms with Gasteiger partial charge >= 0.3 is 11.9 Å². The SMILES string of the molecule is COC(=O)C1(c2cn[nH]n2)CCCN(CC(=O)OCc2ccccc2)C1. The molecule has 8 nitrogen and oxygen atoms in total. The first-order valence-electron chi connectivity index (χ1n) is 8.50. The third-order valence-electron chi connectivity index (χ3n) is 4.65. The number of carbonyl (C=O) groups excluding carboxylic acids is 2. The summed E-state index contributed by atoms with van der Waals surface area (Å²) in [7, 11) is 1.36. The van der Waals surface area contributed by atoms with E-state index >= 15 is 0 Å². The minimum atomic E-state index is -0.917. The first kappa shape index (κ1) is 18.1. The maximum Gasteiger partial charge on any atom is 0.320 e. The van der Waals surface area contributed by atoms with Gasteiger partial charge in [-0.05, 0) is 24.9 Å². The predicted octanol–water partition coefficient (Wildman–Crippen LogP) is 1.05. The summed E-state index contributed by atoms with van der Waals surface area (Å²) < 4.78 is 10.4. The van der Waals surface area contributed by atoms with Crippen molar-refractivity contribution in [3.63, 3.8) is 0 Å². The fraction of sp³-hybridized carbons (Fsp3) is 0.444. The van der Waals surface area contributed by atoms with Gasteiger partial charge in [-0.3, -0.25) is 14.5 Å². The number of esters is 2. The number of methoxy groups -OCH3 is 1. The number of benzene rings is 1. The minimum Gasteiger partial charge on any atom is -0.468 e. The van der Waals surface area contributed by atoms with Crippen LogP contribution in [-0.2, 0) is 31.1 Å². The van der Waals surface area contributed by atoms with Crippen molar-refractivity contribution in [1.82, 2.24) is 20.3 Å². The van der Waals surface area contributed by atoms with Gasteiger partial charge in [0.1, 0.15) is 17.7 Å². The van der Waals surface area contributed by atoms with Crippen LogP contribution in [0.1, 0.15) is 24.1 Å². The van der Waals surface area contributed by atoms with Gasteiger partial charge in [0.25, 0.3) is 0 Å². The molecular weight excluding hydrogens is 336 g/mol. The Morgan fingerprint density at radius 2 is 2.12 bits per heavy atom. The van der Waals surface area contributed by atoms with E-state index in [9.17, 15) is 9.59 Å². The van der Waals surface area contributed by atoms with Crippen LogP contribution in [0.25, 0.3) is 0 Å². The van der Waals surface area contributed by atoms with Crippen molar-refractivity contribution < 1.29 is 19.1 Å². The second-order valence-corrected chi connectivity index (χ2v) is 6.39. The summed E-state index contributed by atoms with van der Waals surface area (Å²) in [5.41, 5.74) is 0.553. The van der Waals surface area contributed by atoms with E-state index in [2.05, 4.69) is 15.4 Å². The Kier molecular flexibility index (Phi) is 5.62. The molecule has 0 saturated carbocycles. The second-order valence-electron chi connectivity index (χ2n) is 6.39. The normalized spacial score (nSPS) is 20.5. The lowest BCUT2D eigenvalue weighted by molar-refractivity contribution is -0.153. The highest BCUT2D eigenvalue weighted by atomic mass is 16.5. The molecule has 1 aliphatic heterocycles. The number of rotatable bonds is 6. The molecule has 0 amide bonds. The van der Waals surface area contributed by atoms with E-state index in [1.807, 2.05) is 35.2 Å². The van der Waals surface area contributed by atoms with Gasteiger partial charge in [-0.25, -0.2) is 0 Å². The molecule has 1 saturated heterocycles. The van der Waals surface area contributed by atoms with Crippen LogP contribution < -0.4 is 0 Å². The van der Waals surface area contributed by atoms with Crippen LogP contribution in [0.5, 0.6) is 0 Å². The molecule has 1 aromatic heterocycles. The van der Waals surface area contributed by atoms with Crippen molar-refractivity contribution in [3.8, 4) is 0 Å². The lowest BCUT2D eigenvalue weighted by Gasteiger charge is -2.38. The van der Waals surface area contributed by atoms with E-state index in [0.717, 1.165) is 12.0 Å². The Morgan fingerprint density at radius 1 is 1.31 bits per heavy atom. The zero-order chi connectivity index (χ0) is 18.4. The van der Waals surface area contributed by atoms with Crippen LogP contribution in [0.15, 0.2) is 36.5 Å². The lowest BCUT2D eigenvalue weighted by Crippen LogP contribution is -2.52. The summed E-state index contributed by atoms with van der Waals surface area (Å²) >= 11 is 0. The number of nitrogens with one attached hydrogen (secondary N) is 1. The van der Waals surface area contributed by atoms with E-state index in [1.54, 1.807) is 0 Å². The maximum atomic E-state index is 12.5. The third kappa shape index (κ3) is 3.91. The van der Waals surface area contributed by atoms with Crippen molar-refractivity contribution in [2.45, 2.75) is 24.9 Å². The largest absolute Gasteiger partial charge is 0.468 e. The van der Waals surface area contributed by atoms with Gasteiger partial charge in [0, 0.05) is 6.54 Å². The molecule has 0 radical (unpaired) electrons. The highest BCUT2D eigenvalue weighted by molar-refractivity contribution is 5.83. The Balaban J connectivity index is 1.63. The second kappa shape index (κ2) is 8.09. The Morgan fingerprint density at radius 3 is 2.81 bits per heavy atom. The number of aromatic nitrogens is 3. The molecule has 3 rings (SSSR count). The number of likely N-dealkylation sites (tertiary alicyclic amines) is 1. The highest BCUT2D eigenvalue weighted by Gasteiger charge is 2.47. The monoisotopic (exact) mass is 358 g/mol. The summed E-state index contributed by atoms with van der Waals surface area (Å²) in [5, 5.41) is 10.5. The molecule has 1 unspecified atom stereocenters. The number of carbonyl (C=O) groups is 2. The average molecular weight is 358 g/mol. The summed E-state index contributed by atoms with van der Waals surface area (Å²) in [4.78, 5) is 26.6. The van der Waals surface area contributed by atoms with E-state index in [1.165, 1.54) is 13.3 Å². The van der Waals surface area contributed by atoms with Gasteiger partial charge in [0.05, 0.1) is 19.9 Å². The minimum absolute atomic E-state index is 0.115. The average Bonchev–Trinajstić information content (AvgIpc) is 3.22. The summed E-state index contributed by atoms with van der Waals surface area (Å²) in [6.07, 6.45) is 2.88. The summed E-state index contributed by atoms with van der Waals surface area (Å²) in [6, 6.07) is 9.52. The van der Waals surface area contributed by atoms with Gasteiger partial charge in [0.15, 0.2) is 0 Å². The first-order valence-corrected chi connectivity index (χ1v) is 8.50. The van der Waals surface area contributed by atoms with Crippen LogP contribution >= 0.6 is 0 Å². The lowest BCUT2D eigenvalue weighted by atomic mass is 9.77.